The first-order valence-electron chi connectivity index (χ1n) is 9.16. The third kappa shape index (κ3) is 2.85. The molecule has 1 N–H and O–H groups in total. The van der Waals surface area contributed by atoms with E-state index < -0.39 is 0 Å². The Labute approximate surface area is 158 Å². The Balaban J connectivity index is 0.000000119. The summed E-state index contributed by atoms with van der Waals surface area (Å²) in [6.45, 7) is 0.688. The minimum Gasteiger partial charge on any atom is -0.488 e. The summed E-state index contributed by atoms with van der Waals surface area (Å²) in [5, 5.41) is 2.61. The standard InChI is InChI=1S/C13H10O.C12H9N/c1-2-6-11-10(5-1)9-14-13-8-4-3-7-12(11)13;1-3-7-11-9(5-1)10-6-2-4-8-12(10)13-11/h1-8H,9H2;1-8,13H. The van der Waals surface area contributed by atoms with E-state index in [2.05, 4.69) is 83.8 Å². The highest BCUT2D eigenvalue weighted by molar-refractivity contribution is 6.06. The molecule has 27 heavy (non-hydrogen) atoms. The Morgan fingerprint density at radius 2 is 1.11 bits per heavy atom. The van der Waals surface area contributed by atoms with Gasteiger partial charge in [-0.2, -0.15) is 0 Å². The van der Waals surface area contributed by atoms with Gasteiger partial charge in [0.15, 0.2) is 0 Å². The molecule has 1 aliphatic heterocycles. The molecule has 0 bridgehead atoms. The number of hydrogen-bond donors (Lipinski definition) is 1. The van der Waals surface area contributed by atoms with Crippen molar-refractivity contribution >= 4 is 21.8 Å². The van der Waals surface area contributed by atoms with E-state index in [1.165, 1.54) is 38.5 Å². The van der Waals surface area contributed by atoms with Crippen molar-refractivity contribution in [3.8, 4) is 16.9 Å². The number of ether oxygens (including phenoxy) is 1. The third-order valence-corrected chi connectivity index (χ3v) is 4.99. The van der Waals surface area contributed by atoms with E-state index in [0.29, 0.717) is 6.61 Å². The van der Waals surface area contributed by atoms with Crippen LogP contribution in [0, 0.1) is 0 Å². The van der Waals surface area contributed by atoms with Crippen molar-refractivity contribution in [2.24, 2.45) is 0 Å². The molecule has 130 valence electrons. The summed E-state index contributed by atoms with van der Waals surface area (Å²) in [5.74, 6) is 0.992. The monoisotopic (exact) mass is 349 g/mol. The van der Waals surface area contributed by atoms with Crippen LogP contribution in [-0.4, -0.2) is 4.98 Å². The van der Waals surface area contributed by atoms with Gasteiger partial charge in [-0.25, -0.2) is 0 Å². The van der Waals surface area contributed by atoms with Crippen LogP contribution in [0.25, 0.3) is 32.9 Å². The zero-order valence-electron chi connectivity index (χ0n) is 14.9. The second-order valence-electron chi connectivity index (χ2n) is 6.66. The van der Waals surface area contributed by atoms with Gasteiger partial charge in [-0.1, -0.05) is 78.9 Å². The van der Waals surface area contributed by atoms with Gasteiger partial charge in [0, 0.05) is 27.4 Å². The van der Waals surface area contributed by atoms with Crippen LogP contribution in [0.1, 0.15) is 5.56 Å². The number of hydrogen-bond acceptors (Lipinski definition) is 1. The molecule has 5 aromatic rings. The average molecular weight is 349 g/mol. The van der Waals surface area contributed by atoms with Crippen molar-refractivity contribution in [1.29, 1.82) is 0 Å². The number of aromatic amines is 1. The molecule has 0 amide bonds. The summed E-state index contributed by atoms with van der Waals surface area (Å²) in [5.41, 5.74) is 6.20. The molecule has 2 heterocycles. The maximum Gasteiger partial charge on any atom is 0.127 e. The van der Waals surface area contributed by atoms with Crippen LogP contribution < -0.4 is 4.74 Å². The lowest BCUT2D eigenvalue weighted by Crippen LogP contribution is -2.04. The van der Waals surface area contributed by atoms with Gasteiger partial charge < -0.3 is 9.72 Å². The number of H-pyrrole nitrogens is 1. The molecule has 0 radical (unpaired) electrons. The van der Waals surface area contributed by atoms with E-state index in [0.717, 1.165) is 5.75 Å². The molecule has 0 atom stereocenters. The predicted octanol–water partition coefficient (Wildman–Crippen LogP) is 6.57. The molecule has 2 heteroatoms. The number of fused-ring (bicyclic) bond motifs is 6. The van der Waals surface area contributed by atoms with Crippen LogP contribution in [0.15, 0.2) is 97.1 Å². The van der Waals surface area contributed by atoms with E-state index in [-0.39, 0.29) is 0 Å². The van der Waals surface area contributed by atoms with Gasteiger partial charge in [0.1, 0.15) is 12.4 Å². The van der Waals surface area contributed by atoms with Crippen LogP contribution in [0.5, 0.6) is 5.75 Å². The molecule has 0 aliphatic carbocycles. The van der Waals surface area contributed by atoms with Gasteiger partial charge in [-0.15, -0.1) is 0 Å². The summed E-state index contributed by atoms with van der Waals surface area (Å²) in [7, 11) is 0. The molecule has 1 aromatic heterocycles. The molecule has 1 aliphatic rings. The maximum absolute atomic E-state index is 5.65. The molecule has 0 saturated heterocycles. The van der Waals surface area contributed by atoms with Gasteiger partial charge in [0.05, 0.1) is 0 Å². The van der Waals surface area contributed by atoms with E-state index >= 15 is 0 Å². The lowest BCUT2D eigenvalue weighted by atomic mass is 9.97. The Morgan fingerprint density at radius 3 is 1.85 bits per heavy atom. The summed E-state index contributed by atoms with van der Waals surface area (Å²) in [6, 6.07) is 33.3. The van der Waals surface area contributed by atoms with Crippen molar-refractivity contribution in [3.63, 3.8) is 0 Å². The number of nitrogens with one attached hydrogen (secondary N) is 1. The molecular formula is C25H19NO. The minimum atomic E-state index is 0.688. The topological polar surface area (TPSA) is 25.0 Å². The fourth-order valence-corrected chi connectivity index (χ4v) is 3.68. The molecule has 0 spiro atoms. The van der Waals surface area contributed by atoms with E-state index in [4.69, 9.17) is 4.74 Å². The normalized spacial score (nSPS) is 11.9. The number of rotatable bonds is 0. The highest BCUT2D eigenvalue weighted by Gasteiger charge is 2.14. The predicted molar refractivity (Wildman–Crippen MR) is 112 cm³/mol. The minimum absolute atomic E-state index is 0.688. The van der Waals surface area contributed by atoms with E-state index in [1.54, 1.807) is 0 Å². The van der Waals surface area contributed by atoms with Crippen LogP contribution >= 0.6 is 0 Å². The molecule has 4 aromatic carbocycles. The van der Waals surface area contributed by atoms with Crippen molar-refractivity contribution in [2.45, 2.75) is 6.61 Å². The first-order valence-corrected chi connectivity index (χ1v) is 9.16. The zero-order valence-corrected chi connectivity index (χ0v) is 14.9. The Morgan fingerprint density at radius 1 is 0.556 bits per heavy atom. The summed E-state index contributed by atoms with van der Waals surface area (Å²) in [6.07, 6.45) is 0. The molecule has 6 rings (SSSR count). The Kier molecular flexibility index (Phi) is 3.87. The largest absolute Gasteiger partial charge is 0.488 e. The van der Waals surface area contributed by atoms with Gasteiger partial charge in [-0.3, -0.25) is 0 Å². The van der Waals surface area contributed by atoms with Crippen LogP contribution in [-0.2, 0) is 6.61 Å². The SMILES string of the molecule is c1ccc2c(c1)COc1ccccc1-2.c1ccc2c(c1)[nH]c1ccccc12. The fraction of sp³-hybridized carbons (Fsp3) is 0.0400. The zero-order chi connectivity index (χ0) is 18.1. The third-order valence-electron chi connectivity index (χ3n) is 4.99. The second-order valence-corrected chi connectivity index (χ2v) is 6.66. The summed E-state index contributed by atoms with van der Waals surface area (Å²) in [4.78, 5) is 3.38. The fourth-order valence-electron chi connectivity index (χ4n) is 3.68. The van der Waals surface area contributed by atoms with Crippen LogP contribution in [0.3, 0.4) is 0 Å². The Bertz CT molecular complexity index is 1140. The van der Waals surface area contributed by atoms with Crippen molar-refractivity contribution in [3.05, 3.63) is 103 Å². The molecule has 2 nitrogen and oxygen atoms in total. The lowest BCUT2D eigenvalue weighted by molar-refractivity contribution is 0.302. The lowest BCUT2D eigenvalue weighted by Gasteiger charge is -2.20. The van der Waals surface area contributed by atoms with Crippen LogP contribution in [0.4, 0.5) is 0 Å². The first kappa shape index (κ1) is 15.7. The molecule has 0 fully saturated rings. The highest BCUT2D eigenvalue weighted by atomic mass is 16.5. The number of aromatic nitrogens is 1. The smallest absolute Gasteiger partial charge is 0.127 e. The number of benzene rings is 4. The highest BCUT2D eigenvalue weighted by Crippen LogP contribution is 2.36. The van der Waals surface area contributed by atoms with Crippen molar-refractivity contribution in [1.82, 2.24) is 4.98 Å². The van der Waals surface area contributed by atoms with Gasteiger partial charge in [-0.05, 0) is 29.3 Å². The van der Waals surface area contributed by atoms with Crippen molar-refractivity contribution < 1.29 is 4.74 Å². The van der Waals surface area contributed by atoms with Gasteiger partial charge in [0.2, 0.25) is 0 Å². The second kappa shape index (κ2) is 6.65. The van der Waals surface area contributed by atoms with Gasteiger partial charge in [0.25, 0.3) is 0 Å². The summed E-state index contributed by atoms with van der Waals surface area (Å²) < 4.78 is 5.65. The van der Waals surface area contributed by atoms with Crippen molar-refractivity contribution in [2.75, 3.05) is 0 Å². The van der Waals surface area contributed by atoms with Gasteiger partial charge >= 0.3 is 0 Å². The quantitative estimate of drug-likeness (QED) is 0.336. The molecule has 0 unspecified atom stereocenters. The summed E-state index contributed by atoms with van der Waals surface area (Å²) >= 11 is 0. The molecular weight excluding hydrogens is 330 g/mol. The average Bonchev–Trinajstić information content (AvgIpc) is 3.13. The Hall–Kier alpha value is -3.52. The maximum atomic E-state index is 5.65. The van der Waals surface area contributed by atoms with E-state index in [9.17, 15) is 0 Å². The molecule has 0 saturated carbocycles. The van der Waals surface area contributed by atoms with E-state index in [1.807, 2.05) is 18.2 Å². The number of para-hydroxylation sites is 3. The first-order chi connectivity index (χ1) is 13.4. The van der Waals surface area contributed by atoms with Crippen LogP contribution in [0.2, 0.25) is 0 Å².